The third-order valence-corrected chi connectivity index (χ3v) is 2.94. The zero-order valence-electron chi connectivity index (χ0n) is 12.0. The summed E-state index contributed by atoms with van der Waals surface area (Å²) in [5, 5.41) is 11.7. The zero-order chi connectivity index (χ0) is 15.1. The van der Waals surface area contributed by atoms with Crippen LogP contribution in [0.25, 0.3) is 0 Å². The summed E-state index contributed by atoms with van der Waals surface area (Å²) in [4.78, 5) is 24.6. The molecule has 0 aliphatic heterocycles. The highest BCUT2D eigenvalue weighted by atomic mass is 16.5. The molecule has 6 nitrogen and oxygen atoms in total. The molecule has 0 saturated carbocycles. The number of aryl methyl sites for hydroxylation is 1. The first kappa shape index (κ1) is 16.0. The van der Waals surface area contributed by atoms with E-state index in [1.165, 1.54) is 6.07 Å². The molecule has 2 N–H and O–H groups in total. The van der Waals surface area contributed by atoms with Gasteiger partial charge in [-0.25, -0.2) is 9.59 Å². The molecule has 0 heterocycles. The van der Waals surface area contributed by atoms with Crippen molar-refractivity contribution in [2.45, 2.75) is 13.8 Å². The van der Waals surface area contributed by atoms with Crippen LogP contribution in [-0.4, -0.2) is 48.8 Å². The minimum absolute atomic E-state index is 0.230. The first-order valence-electron chi connectivity index (χ1n) is 6.38. The molecule has 20 heavy (non-hydrogen) atoms. The number of rotatable bonds is 6. The van der Waals surface area contributed by atoms with Crippen molar-refractivity contribution in [2.75, 3.05) is 32.1 Å². The number of aromatic carboxylic acids is 1. The monoisotopic (exact) mass is 280 g/mol. The van der Waals surface area contributed by atoms with E-state index in [-0.39, 0.29) is 11.6 Å². The van der Waals surface area contributed by atoms with Crippen molar-refractivity contribution in [3.8, 4) is 0 Å². The molecule has 110 valence electrons. The summed E-state index contributed by atoms with van der Waals surface area (Å²) in [5.74, 6) is -0.976. The minimum atomic E-state index is -0.976. The maximum atomic E-state index is 12.0. The number of hydrogen-bond donors (Lipinski definition) is 2. The molecule has 0 fully saturated rings. The van der Waals surface area contributed by atoms with Crippen molar-refractivity contribution in [3.05, 3.63) is 29.3 Å². The summed E-state index contributed by atoms with van der Waals surface area (Å²) in [5.41, 5.74) is 1.42. The van der Waals surface area contributed by atoms with Gasteiger partial charge in [-0.05, 0) is 37.6 Å². The van der Waals surface area contributed by atoms with Crippen molar-refractivity contribution >= 4 is 17.7 Å². The number of carboxylic acid groups (broad SMARTS) is 1. The van der Waals surface area contributed by atoms with Gasteiger partial charge in [0, 0.05) is 25.9 Å². The van der Waals surface area contributed by atoms with E-state index < -0.39 is 5.97 Å². The maximum Gasteiger partial charge on any atom is 0.335 e. The number of nitrogens with zero attached hydrogens (tertiary/aromatic N) is 1. The minimum Gasteiger partial charge on any atom is -0.478 e. The highest BCUT2D eigenvalue weighted by Gasteiger charge is 2.13. The van der Waals surface area contributed by atoms with E-state index >= 15 is 0 Å². The van der Waals surface area contributed by atoms with Crippen LogP contribution in [0.5, 0.6) is 0 Å². The Labute approximate surface area is 118 Å². The number of hydrogen-bond acceptors (Lipinski definition) is 3. The van der Waals surface area contributed by atoms with Gasteiger partial charge in [0.1, 0.15) is 0 Å². The Morgan fingerprint density at radius 2 is 2.10 bits per heavy atom. The van der Waals surface area contributed by atoms with E-state index in [4.69, 9.17) is 9.84 Å². The number of amides is 2. The molecule has 0 radical (unpaired) electrons. The molecule has 1 rings (SSSR count). The van der Waals surface area contributed by atoms with Crippen LogP contribution >= 0.6 is 0 Å². The van der Waals surface area contributed by atoms with E-state index in [1.54, 1.807) is 31.1 Å². The van der Waals surface area contributed by atoms with Gasteiger partial charge in [-0.1, -0.05) is 0 Å². The lowest BCUT2D eigenvalue weighted by molar-refractivity contribution is 0.0696. The molecule has 0 saturated heterocycles. The van der Waals surface area contributed by atoms with Gasteiger partial charge in [-0.3, -0.25) is 0 Å². The van der Waals surface area contributed by atoms with Crippen molar-refractivity contribution in [1.82, 2.24) is 4.90 Å². The van der Waals surface area contributed by atoms with E-state index in [0.717, 1.165) is 0 Å². The number of carboxylic acids is 1. The van der Waals surface area contributed by atoms with Crippen LogP contribution in [0.1, 0.15) is 22.8 Å². The largest absolute Gasteiger partial charge is 0.478 e. The molecule has 0 spiro atoms. The first-order chi connectivity index (χ1) is 9.49. The average Bonchev–Trinajstić information content (AvgIpc) is 2.39. The van der Waals surface area contributed by atoms with Gasteiger partial charge < -0.3 is 20.1 Å². The van der Waals surface area contributed by atoms with Crippen LogP contribution in [0, 0.1) is 6.92 Å². The maximum absolute atomic E-state index is 12.0. The summed E-state index contributed by atoms with van der Waals surface area (Å²) in [6, 6.07) is 4.48. The van der Waals surface area contributed by atoms with Crippen molar-refractivity contribution in [1.29, 1.82) is 0 Å². The second-order valence-corrected chi connectivity index (χ2v) is 4.34. The van der Waals surface area contributed by atoms with Crippen molar-refractivity contribution < 1.29 is 19.4 Å². The summed E-state index contributed by atoms with van der Waals surface area (Å²) in [6.07, 6.45) is 0. The smallest absolute Gasteiger partial charge is 0.335 e. The number of benzene rings is 1. The van der Waals surface area contributed by atoms with Gasteiger partial charge >= 0.3 is 12.0 Å². The quantitative estimate of drug-likeness (QED) is 0.837. The highest BCUT2D eigenvalue weighted by Crippen LogP contribution is 2.15. The van der Waals surface area contributed by atoms with Gasteiger partial charge in [-0.15, -0.1) is 0 Å². The van der Waals surface area contributed by atoms with Gasteiger partial charge in [0.15, 0.2) is 0 Å². The molecule has 0 aliphatic rings. The van der Waals surface area contributed by atoms with Crippen LogP contribution < -0.4 is 5.32 Å². The van der Waals surface area contributed by atoms with Crippen LogP contribution in [0.15, 0.2) is 18.2 Å². The Morgan fingerprint density at radius 1 is 1.40 bits per heavy atom. The first-order valence-corrected chi connectivity index (χ1v) is 6.38. The topological polar surface area (TPSA) is 78.9 Å². The number of anilines is 1. The molecule has 0 atom stereocenters. The SMILES string of the molecule is CCN(CCOC)C(=O)Nc1ccc(C(=O)O)c(C)c1. The standard InChI is InChI=1S/C14H20N2O4/c1-4-16(7-8-20-3)14(19)15-11-5-6-12(13(17)18)10(2)9-11/h5-6,9H,4,7-8H2,1-3H3,(H,15,19)(H,17,18). The molecular formula is C14H20N2O4. The van der Waals surface area contributed by atoms with Gasteiger partial charge in [0.05, 0.1) is 12.2 Å². The van der Waals surface area contributed by atoms with Crippen LogP contribution in [0.2, 0.25) is 0 Å². The summed E-state index contributed by atoms with van der Waals surface area (Å²) in [6.45, 7) is 5.13. The molecule has 1 aromatic rings. The number of carbonyl (C=O) groups is 2. The Balaban J connectivity index is 2.74. The predicted molar refractivity (Wildman–Crippen MR) is 76.3 cm³/mol. The predicted octanol–water partition coefficient (Wildman–Crippen LogP) is 2.19. The Morgan fingerprint density at radius 3 is 2.60 bits per heavy atom. The Bertz CT molecular complexity index is 488. The number of ether oxygens (including phenoxy) is 1. The molecule has 0 aromatic heterocycles. The normalized spacial score (nSPS) is 10.2. The number of methoxy groups -OCH3 is 1. The van der Waals surface area contributed by atoms with Gasteiger partial charge in [0.25, 0.3) is 0 Å². The Hall–Kier alpha value is -2.08. The van der Waals surface area contributed by atoms with Crippen LogP contribution in [0.4, 0.5) is 10.5 Å². The lowest BCUT2D eigenvalue weighted by Gasteiger charge is -2.21. The molecule has 0 aliphatic carbocycles. The summed E-state index contributed by atoms with van der Waals surface area (Å²) in [7, 11) is 1.58. The lowest BCUT2D eigenvalue weighted by atomic mass is 10.1. The van der Waals surface area contributed by atoms with E-state index in [1.807, 2.05) is 6.92 Å². The summed E-state index contributed by atoms with van der Waals surface area (Å²) >= 11 is 0. The molecule has 0 bridgehead atoms. The third-order valence-electron chi connectivity index (χ3n) is 2.94. The fourth-order valence-electron chi connectivity index (χ4n) is 1.79. The highest BCUT2D eigenvalue weighted by molar-refractivity contribution is 5.92. The van der Waals surface area contributed by atoms with E-state index in [0.29, 0.717) is 30.9 Å². The molecular weight excluding hydrogens is 260 g/mol. The fourth-order valence-corrected chi connectivity index (χ4v) is 1.79. The molecule has 1 aromatic carbocycles. The van der Waals surface area contributed by atoms with Crippen LogP contribution in [-0.2, 0) is 4.74 Å². The number of likely N-dealkylation sites (N-methyl/N-ethyl adjacent to an activating group) is 1. The third kappa shape index (κ3) is 4.24. The second-order valence-electron chi connectivity index (χ2n) is 4.34. The summed E-state index contributed by atoms with van der Waals surface area (Å²) < 4.78 is 4.95. The Kier molecular flexibility index (Phi) is 5.99. The van der Waals surface area contributed by atoms with E-state index in [9.17, 15) is 9.59 Å². The average molecular weight is 280 g/mol. The van der Waals surface area contributed by atoms with Gasteiger partial charge in [-0.2, -0.15) is 0 Å². The number of carbonyl (C=O) groups excluding carboxylic acids is 1. The molecule has 0 unspecified atom stereocenters. The van der Waals surface area contributed by atoms with Crippen molar-refractivity contribution in [3.63, 3.8) is 0 Å². The molecule has 2 amide bonds. The zero-order valence-corrected chi connectivity index (χ0v) is 12.0. The van der Waals surface area contributed by atoms with E-state index in [2.05, 4.69) is 5.32 Å². The second kappa shape index (κ2) is 7.49. The fraction of sp³-hybridized carbons (Fsp3) is 0.429. The number of nitrogens with one attached hydrogen (secondary N) is 1. The van der Waals surface area contributed by atoms with Crippen molar-refractivity contribution in [2.24, 2.45) is 0 Å². The van der Waals surface area contributed by atoms with Crippen LogP contribution in [0.3, 0.4) is 0 Å². The van der Waals surface area contributed by atoms with Gasteiger partial charge in [0.2, 0.25) is 0 Å². The number of urea groups is 1. The molecule has 6 heteroatoms. The lowest BCUT2D eigenvalue weighted by Crippen LogP contribution is -2.37.